The summed E-state index contributed by atoms with van der Waals surface area (Å²) < 4.78 is 2.22. The number of carbonyl (C=O) groups is 1. The standard InChI is InChI=1S/C24H23N5OS2/c30-24(20-9-3-4-10-21(20)32-15-19-14-31-16-25-19)26-18-8-6-7-17(13-18)23-28-27-22-11-2-1-5-12-29(22)23/h3-4,6-10,13-14,16H,1-2,5,11-12,15H2,(H,26,30). The Kier molecular flexibility index (Phi) is 6.31. The molecule has 2 aromatic carbocycles. The summed E-state index contributed by atoms with van der Waals surface area (Å²) in [7, 11) is 0. The van der Waals surface area contributed by atoms with Crippen molar-refractivity contribution in [2.45, 2.75) is 42.9 Å². The molecule has 0 saturated carbocycles. The molecule has 6 nitrogen and oxygen atoms in total. The molecular weight excluding hydrogens is 438 g/mol. The summed E-state index contributed by atoms with van der Waals surface area (Å²) >= 11 is 3.21. The molecule has 0 saturated heterocycles. The minimum absolute atomic E-state index is 0.122. The zero-order valence-corrected chi connectivity index (χ0v) is 19.2. The molecule has 162 valence electrons. The minimum Gasteiger partial charge on any atom is -0.322 e. The third-order valence-corrected chi connectivity index (χ3v) is 7.22. The number of benzene rings is 2. The lowest BCUT2D eigenvalue weighted by Crippen LogP contribution is -2.13. The van der Waals surface area contributed by atoms with Crippen molar-refractivity contribution in [1.29, 1.82) is 0 Å². The van der Waals surface area contributed by atoms with Gasteiger partial charge in [-0.1, -0.05) is 30.7 Å². The van der Waals surface area contributed by atoms with Gasteiger partial charge in [0.2, 0.25) is 0 Å². The van der Waals surface area contributed by atoms with Crippen molar-refractivity contribution in [2.75, 3.05) is 5.32 Å². The number of aryl methyl sites for hydroxylation is 1. The molecule has 1 amide bonds. The van der Waals surface area contributed by atoms with Crippen LogP contribution in [0.25, 0.3) is 11.4 Å². The highest BCUT2D eigenvalue weighted by Crippen LogP contribution is 2.28. The van der Waals surface area contributed by atoms with Crippen molar-refractivity contribution < 1.29 is 4.79 Å². The van der Waals surface area contributed by atoms with Crippen LogP contribution in [-0.2, 0) is 18.7 Å². The van der Waals surface area contributed by atoms with Gasteiger partial charge in [0.1, 0.15) is 5.82 Å². The van der Waals surface area contributed by atoms with Crippen molar-refractivity contribution in [1.82, 2.24) is 19.7 Å². The first kappa shape index (κ1) is 20.9. The Hall–Kier alpha value is -2.97. The number of nitrogens with zero attached hydrogens (tertiary/aromatic N) is 4. The fraction of sp³-hybridized carbons (Fsp3) is 0.250. The number of nitrogens with one attached hydrogen (secondary N) is 1. The Morgan fingerprint density at radius 2 is 2.03 bits per heavy atom. The fourth-order valence-corrected chi connectivity index (χ4v) is 5.49. The third kappa shape index (κ3) is 4.61. The van der Waals surface area contributed by atoms with Gasteiger partial charge in [0.25, 0.3) is 5.91 Å². The van der Waals surface area contributed by atoms with Crippen LogP contribution in [0.2, 0.25) is 0 Å². The zero-order valence-electron chi connectivity index (χ0n) is 17.5. The summed E-state index contributed by atoms with van der Waals surface area (Å²) in [5, 5.41) is 13.9. The van der Waals surface area contributed by atoms with Gasteiger partial charge < -0.3 is 9.88 Å². The maximum absolute atomic E-state index is 13.1. The molecule has 0 aliphatic carbocycles. The third-order valence-electron chi connectivity index (χ3n) is 5.48. The molecule has 8 heteroatoms. The lowest BCUT2D eigenvalue weighted by atomic mass is 10.1. The highest BCUT2D eigenvalue weighted by molar-refractivity contribution is 7.98. The number of anilines is 1. The van der Waals surface area contributed by atoms with Crippen LogP contribution >= 0.6 is 23.1 Å². The second-order valence-corrected chi connectivity index (χ2v) is 9.44. The van der Waals surface area contributed by atoms with Crippen molar-refractivity contribution in [3.05, 3.63) is 76.5 Å². The van der Waals surface area contributed by atoms with Gasteiger partial charge in [0, 0.05) is 40.2 Å². The zero-order chi connectivity index (χ0) is 21.8. The first-order valence-corrected chi connectivity index (χ1v) is 12.6. The lowest BCUT2D eigenvalue weighted by molar-refractivity contribution is 0.102. The molecule has 0 bridgehead atoms. The maximum Gasteiger partial charge on any atom is 0.256 e. The molecule has 0 atom stereocenters. The number of thioether (sulfide) groups is 1. The Morgan fingerprint density at radius 3 is 2.94 bits per heavy atom. The summed E-state index contributed by atoms with van der Waals surface area (Å²) in [5.74, 6) is 2.54. The van der Waals surface area contributed by atoms with Crippen LogP contribution in [-0.4, -0.2) is 25.7 Å². The molecule has 3 heterocycles. The topological polar surface area (TPSA) is 72.7 Å². The van der Waals surface area contributed by atoms with Gasteiger partial charge in [-0.25, -0.2) is 4.98 Å². The van der Waals surface area contributed by atoms with Crippen LogP contribution in [0.5, 0.6) is 0 Å². The summed E-state index contributed by atoms with van der Waals surface area (Å²) in [6, 6.07) is 15.6. The number of aromatic nitrogens is 4. The highest BCUT2D eigenvalue weighted by atomic mass is 32.2. The summed E-state index contributed by atoms with van der Waals surface area (Å²) in [6.07, 6.45) is 4.50. The van der Waals surface area contributed by atoms with Crippen LogP contribution in [0.4, 0.5) is 5.69 Å². The number of hydrogen-bond acceptors (Lipinski definition) is 6. The van der Waals surface area contributed by atoms with E-state index in [0.717, 1.165) is 65.0 Å². The average Bonchev–Trinajstić information content (AvgIpc) is 3.43. The van der Waals surface area contributed by atoms with Crippen LogP contribution in [0.1, 0.15) is 41.1 Å². The first-order chi connectivity index (χ1) is 15.8. The van der Waals surface area contributed by atoms with Crippen LogP contribution in [0.3, 0.4) is 0 Å². The van der Waals surface area contributed by atoms with Gasteiger partial charge in [-0.2, -0.15) is 0 Å². The first-order valence-electron chi connectivity index (χ1n) is 10.7. The predicted octanol–water partition coefficient (Wildman–Crippen LogP) is 5.67. The van der Waals surface area contributed by atoms with Crippen LogP contribution in [0.15, 0.2) is 64.3 Å². The average molecular weight is 462 g/mol. The Labute approximate surface area is 195 Å². The van der Waals surface area contributed by atoms with Gasteiger partial charge in [0.05, 0.1) is 16.8 Å². The predicted molar refractivity (Wildman–Crippen MR) is 129 cm³/mol. The number of thiazole rings is 1. The normalized spacial score (nSPS) is 13.4. The molecule has 0 spiro atoms. The largest absolute Gasteiger partial charge is 0.322 e. The van der Waals surface area contributed by atoms with E-state index >= 15 is 0 Å². The number of fused-ring (bicyclic) bond motifs is 1. The second-order valence-electron chi connectivity index (χ2n) is 7.70. The number of amides is 1. The van der Waals surface area contributed by atoms with Crippen molar-refractivity contribution in [3.63, 3.8) is 0 Å². The van der Waals surface area contributed by atoms with E-state index in [9.17, 15) is 4.79 Å². The molecule has 4 aromatic rings. The maximum atomic E-state index is 13.1. The molecule has 2 aromatic heterocycles. The molecule has 1 aliphatic heterocycles. The van der Waals surface area contributed by atoms with E-state index in [1.807, 2.05) is 59.4 Å². The van der Waals surface area contributed by atoms with Crippen molar-refractivity contribution >= 4 is 34.7 Å². The molecule has 5 rings (SSSR count). The van der Waals surface area contributed by atoms with Gasteiger partial charge in [-0.05, 0) is 37.1 Å². The van der Waals surface area contributed by atoms with Gasteiger partial charge in [-0.15, -0.1) is 33.3 Å². The minimum atomic E-state index is -0.122. The van der Waals surface area contributed by atoms with E-state index in [1.165, 1.54) is 6.42 Å². The van der Waals surface area contributed by atoms with E-state index in [2.05, 4.69) is 25.1 Å². The second kappa shape index (κ2) is 9.67. The van der Waals surface area contributed by atoms with E-state index in [4.69, 9.17) is 0 Å². The highest BCUT2D eigenvalue weighted by Gasteiger charge is 2.17. The Balaban J connectivity index is 1.35. The quantitative estimate of drug-likeness (QED) is 0.374. The van der Waals surface area contributed by atoms with Crippen molar-refractivity contribution in [2.24, 2.45) is 0 Å². The Bertz CT molecular complexity index is 1220. The molecular formula is C24H23N5OS2. The smallest absolute Gasteiger partial charge is 0.256 e. The molecule has 0 unspecified atom stereocenters. The van der Waals surface area contributed by atoms with Gasteiger partial charge in [-0.3, -0.25) is 4.79 Å². The summed E-state index contributed by atoms with van der Waals surface area (Å²) in [6.45, 7) is 0.942. The van der Waals surface area contributed by atoms with E-state index in [1.54, 1.807) is 23.1 Å². The lowest BCUT2D eigenvalue weighted by Gasteiger charge is -2.11. The fourth-order valence-electron chi connectivity index (χ4n) is 3.87. The van der Waals surface area contributed by atoms with Gasteiger partial charge in [0.15, 0.2) is 5.82 Å². The van der Waals surface area contributed by atoms with E-state index in [-0.39, 0.29) is 5.91 Å². The number of carbonyl (C=O) groups excluding carboxylic acids is 1. The van der Waals surface area contributed by atoms with E-state index < -0.39 is 0 Å². The SMILES string of the molecule is O=C(Nc1cccc(-c2nnc3n2CCCCC3)c1)c1ccccc1SCc1cscn1. The summed E-state index contributed by atoms with van der Waals surface area (Å²) in [5.41, 5.74) is 5.23. The number of hydrogen-bond donors (Lipinski definition) is 1. The Morgan fingerprint density at radius 1 is 1.09 bits per heavy atom. The number of rotatable bonds is 6. The molecule has 0 radical (unpaired) electrons. The monoisotopic (exact) mass is 461 g/mol. The molecule has 1 aliphatic rings. The molecule has 0 fully saturated rings. The van der Waals surface area contributed by atoms with Crippen LogP contribution < -0.4 is 5.32 Å². The van der Waals surface area contributed by atoms with E-state index in [0.29, 0.717) is 5.56 Å². The summed E-state index contributed by atoms with van der Waals surface area (Å²) in [4.78, 5) is 18.4. The molecule has 1 N–H and O–H groups in total. The van der Waals surface area contributed by atoms with Crippen LogP contribution in [0, 0.1) is 0 Å². The molecule has 32 heavy (non-hydrogen) atoms. The van der Waals surface area contributed by atoms with Gasteiger partial charge >= 0.3 is 0 Å². The van der Waals surface area contributed by atoms with Crippen molar-refractivity contribution in [3.8, 4) is 11.4 Å².